The first kappa shape index (κ1) is 14.4. The number of rotatable bonds is 1. The van der Waals surface area contributed by atoms with Crippen LogP contribution in [0, 0.1) is 6.92 Å². The van der Waals surface area contributed by atoms with Crippen LogP contribution in [0.3, 0.4) is 0 Å². The Hall–Kier alpha value is -2.20. The quantitative estimate of drug-likeness (QED) is 0.849. The van der Waals surface area contributed by atoms with Crippen LogP contribution < -0.4 is 4.74 Å². The number of methoxy groups -OCH3 is 1. The average Bonchev–Trinajstić information content (AvgIpc) is 2.52. The Morgan fingerprint density at radius 1 is 1.13 bits per heavy atom. The molecule has 0 saturated carbocycles. The van der Waals surface area contributed by atoms with Gasteiger partial charge >= 0.3 is 0 Å². The summed E-state index contributed by atoms with van der Waals surface area (Å²) >= 11 is 0. The maximum absolute atomic E-state index is 10.4. The number of phenols is 2. The Balaban J connectivity index is 2.10. The van der Waals surface area contributed by atoms with Crippen molar-refractivity contribution < 1.29 is 14.9 Å². The maximum Gasteiger partial charge on any atom is 0.168 e. The smallest absolute Gasteiger partial charge is 0.168 e. The molecule has 1 atom stereocenters. The molecule has 1 aliphatic heterocycles. The molecule has 0 radical (unpaired) electrons. The average molecular weight is 311 g/mol. The summed E-state index contributed by atoms with van der Waals surface area (Å²) in [6, 6.07) is 5.99. The molecule has 0 fully saturated rings. The molecule has 2 N–H and O–H groups in total. The lowest BCUT2D eigenvalue weighted by atomic mass is 9.76. The Morgan fingerprint density at radius 2 is 1.87 bits per heavy atom. The van der Waals surface area contributed by atoms with E-state index in [2.05, 4.69) is 11.9 Å². The number of benzene rings is 2. The molecule has 0 aromatic heterocycles. The van der Waals surface area contributed by atoms with Gasteiger partial charge in [0.2, 0.25) is 0 Å². The van der Waals surface area contributed by atoms with Gasteiger partial charge in [0.25, 0.3) is 0 Å². The van der Waals surface area contributed by atoms with E-state index in [0.29, 0.717) is 11.5 Å². The van der Waals surface area contributed by atoms with Crippen molar-refractivity contribution in [2.75, 3.05) is 20.7 Å². The second-order valence-electron chi connectivity index (χ2n) is 6.62. The highest BCUT2D eigenvalue weighted by atomic mass is 16.5. The Bertz CT molecular complexity index is 813. The van der Waals surface area contributed by atoms with Crippen LogP contribution in [-0.2, 0) is 12.8 Å². The molecule has 4 rings (SSSR count). The number of aryl methyl sites for hydroxylation is 1. The van der Waals surface area contributed by atoms with Gasteiger partial charge in [-0.2, -0.15) is 0 Å². The highest BCUT2D eigenvalue weighted by Crippen LogP contribution is 2.52. The minimum Gasteiger partial charge on any atom is -0.508 e. The van der Waals surface area contributed by atoms with E-state index < -0.39 is 0 Å². The zero-order valence-corrected chi connectivity index (χ0v) is 13.7. The summed E-state index contributed by atoms with van der Waals surface area (Å²) in [6.07, 6.45) is 1.80. The monoisotopic (exact) mass is 311 g/mol. The van der Waals surface area contributed by atoms with Gasteiger partial charge in [-0.05, 0) is 72.8 Å². The van der Waals surface area contributed by atoms with E-state index in [1.807, 2.05) is 25.1 Å². The van der Waals surface area contributed by atoms with Crippen LogP contribution in [0.4, 0.5) is 0 Å². The zero-order chi connectivity index (χ0) is 16.3. The van der Waals surface area contributed by atoms with Crippen molar-refractivity contribution >= 4 is 0 Å². The number of aromatic hydroxyl groups is 2. The number of phenolic OH excluding ortho intramolecular Hbond substituents is 2. The van der Waals surface area contributed by atoms with Gasteiger partial charge in [-0.25, -0.2) is 0 Å². The van der Waals surface area contributed by atoms with Crippen molar-refractivity contribution in [1.82, 2.24) is 4.90 Å². The predicted molar refractivity (Wildman–Crippen MR) is 89.3 cm³/mol. The lowest BCUT2D eigenvalue weighted by Crippen LogP contribution is -2.35. The van der Waals surface area contributed by atoms with Crippen molar-refractivity contribution in [3.63, 3.8) is 0 Å². The van der Waals surface area contributed by atoms with Crippen molar-refractivity contribution in [2.24, 2.45) is 0 Å². The molecule has 0 bridgehead atoms. The Labute approximate surface area is 135 Å². The molecule has 1 aliphatic carbocycles. The van der Waals surface area contributed by atoms with Crippen molar-refractivity contribution in [3.8, 4) is 28.4 Å². The Kier molecular flexibility index (Phi) is 3.07. The van der Waals surface area contributed by atoms with Gasteiger partial charge in [0.1, 0.15) is 5.75 Å². The number of hydrogen-bond donors (Lipinski definition) is 2. The number of nitrogens with zero attached hydrogens (tertiary/aromatic N) is 1. The number of fused-ring (bicyclic) bond motifs is 2. The predicted octanol–water partition coefficient (Wildman–Crippen LogP) is 3.17. The summed E-state index contributed by atoms with van der Waals surface area (Å²) in [6.45, 7) is 2.87. The largest absolute Gasteiger partial charge is 0.508 e. The second-order valence-corrected chi connectivity index (χ2v) is 6.62. The molecule has 0 spiro atoms. The van der Waals surface area contributed by atoms with Crippen LogP contribution in [0.5, 0.6) is 17.2 Å². The highest BCUT2D eigenvalue weighted by molar-refractivity contribution is 5.84. The van der Waals surface area contributed by atoms with Gasteiger partial charge < -0.3 is 14.9 Å². The molecular weight excluding hydrogens is 290 g/mol. The topological polar surface area (TPSA) is 52.9 Å². The molecule has 2 aromatic rings. The molecule has 0 unspecified atom stereocenters. The molecule has 2 aliphatic rings. The van der Waals surface area contributed by atoms with Crippen molar-refractivity contribution in [1.29, 1.82) is 0 Å². The van der Waals surface area contributed by atoms with E-state index in [9.17, 15) is 10.2 Å². The fraction of sp³-hybridized carbons (Fsp3) is 0.368. The van der Waals surface area contributed by atoms with Crippen LogP contribution in [0.2, 0.25) is 0 Å². The van der Waals surface area contributed by atoms with Crippen LogP contribution >= 0.6 is 0 Å². The van der Waals surface area contributed by atoms with Crippen molar-refractivity contribution in [3.05, 3.63) is 40.5 Å². The summed E-state index contributed by atoms with van der Waals surface area (Å²) in [5, 5.41) is 20.5. The molecule has 4 nitrogen and oxygen atoms in total. The van der Waals surface area contributed by atoms with E-state index >= 15 is 0 Å². The number of hydrogen-bond acceptors (Lipinski definition) is 4. The van der Waals surface area contributed by atoms with Gasteiger partial charge in [0, 0.05) is 18.2 Å². The molecule has 2 aromatic carbocycles. The molecule has 23 heavy (non-hydrogen) atoms. The first-order chi connectivity index (χ1) is 11.0. The van der Waals surface area contributed by atoms with Crippen LogP contribution in [0.15, 0.2) is 18.2 Å². The molecule has 1 heterocycles. The van der Waals surface area contributed by atoms with E-state index in [1.54, 1.807) is 7.11 Å². The van der Waals surface area contributed by atoms with E-state index in [4.69, 9.17) is 4.74 Å². The van der Waals surface area contributed by atoms with Gasteiger partial charge in [-0.1, -0.05) is 0 Å². The molecule has 0 saturated heterocycles. The van der Waals surface area contributed by atoms with E-state index in [0.717, 1.165) is 41.6 Å². The molecular formula is C19H21NO3. The van der Waals surface area contributed by atoms with Crippen LogP contribution in [0.25, 0.3) is 11.1 Å². The molecule has 4 heteroatoms. The first-order valence-electron chi connectivity index (χ1n) is 7.97. The fourth-order valence-corrected chi connectivity index (χ4v) is 4.06. The normalized spacial score (nSPS) is 19.2. The third-order valence-corrected chi connectivity index (χ3v) is 5.29. The van der Waals surface area contributed by atoms with Crippen LogP contribution in [-0.4, -0.2) is 35.8 Å². The van der Waals surface area contributed by atoms with Crippen LogP contribution in [0.1, 0.15) is 28.3 Å². The fourth-order valence-electron chi connectivity index (χ4n) is 4.06. The molecule has 0 amide bonds. The third-order valence-electron chi connectivity index (χ3n) is 5.29. The highest BCUT2D eigenvalue weighted by Gasteiger charge is 2.36. The van der Waals surface area contributed by atoms with Gasteiger partial charge in [-0.3, -0.25) is 4.90 Å². The summed E-state index contributed by atoms with van der Waals surface area (Å²) in [7, 11) is 3.73. The third kappa shape index (κ3) is 1.94. The van der Waals surface area contributed by atoms with E-state index in [-0.39, 0.29) is 11.8 Å². The summed E-state index contributed by atoms with van der Waals surface area (Å²) in [5.74, 6) is 1.06. The van der Waals surface area contributed by atoms with Gasteiger partial charge in [0.05, 0.1) is 7.11 Å². The van der Waals surface area contributed by atoms with Gasteiger partial charge in [0.15, 0.2) is 11.5 Å². The summed E-state index contributed by atoms with van der Waals surface area (Å²) in [5.41, 5.74) is 6.47. The zero-order valence-electron chi connectivity index (χ0n) is 13.7. The minimum absolute atomic E-state index is 0.197. The lowest BCUT2D eigenvalue weighted by molar-refractivity contribution is 0.226. The SMILES string of the molecule is COc1c(O)cc2c3c1-c1cc(C)c(O)cc1C[C@@H]3N(C)CC2. The summed E-state index contributed by atoms with van der Waals surface area (Å²) < 4.78 is 5.55. The standard InChI is InChI=1S/C19H21NO3/c1-10-6-13-12(9-15(10)21)7-14-17-11(4-5-20(14)2)8-16(22)19(23-3)18(13)17/h6,8-9,14,21-22H,4-5,7H2,1-3H3/t14-/m0/s1. The minimum atomic E-state index is 0.197. The lowest BCUT2D eigenvalue weighted by Gasteiger charge is -2.40. The Morgan fingerprint density at radius 3 is 2.61 bits per heavy atom. The molecule has 120 valence electrons. The van der Waals surface area contributed by atoms with E-state index in [1.165, 1.54) is 11.1 Å². The number of likely N-dealkylation sites (N-methyl/N-ethyl adjacent to an activating group) is 1. The first-order valence-corrected chi connectivity index (χ1v) is 7.97. The number of ether oxygens (including phenoxy) is 1. The maximum atomic E-state index is 10.4. The van der Waals surface area contributed by atoms with Gasteiger partial charge in [-0.15, -0.1) is 0 Å². The second kappa shape index (κ2) is 4.90. The summed E-state index contributed by atoms with van der Waals surface area (Å²) in [4.78, 5) is 2.35. The van der Waals surface area contributed by atoms with Crippen molar-refractivity contribution in [2.45, 2.75) is 25.8 Å².